The van der Waals surface area contributed by atoms with Crippen molar-refractivity contribution in [1.29, 1.82) is 0 Å². The van der Waals surface area contributed by atoms with E-state index in [4.69, 9.17) is 16.3 Å². The Morgan fingerprint density at radius 3 is 2.82 bits per heavy atom. The van der Waals surface area contributed by atoms with Crippen LogP contribution < -0.4 is 5.32 Å². The molecular formula is C13H9ClF3N3O2. The van der Waals surface area contributed by atoms with Gasteiger partial charge in [-0.2, -0.15) is 18.3 Å². The van der Waals surface area contributed by atoms with E-state index in [2.05, 4.69) is 5.10 Å². The van der Waals surface area contributed by atoms with Crippen molar-refractivity contribution in [2.45, 2.75) is 19.4 Å². The molecule has 3 rings (SSSR count). The minimum atomic E-state index is -4.99. The van der Waals surface area contributed by atoms with Crippen LogP contribution in [0, 0.1) is 0 Å². The second-order valence-electron chi connectivity index (χ2n) is 4.61. The predicted molar refractivity (Wildman–Crippen MR) is 71.8 cm³/mol. The monoisotopic (exact) mass is 331 g/mol. The van der Waals surface area contributed by atoms with Gasteiger partial charge in [0.1, 0.15) is 5.82 Å². The summed E-state index contributed by atoms with van der Waals surface area (Å²) >= 11 is 5.89. The summed E-state index contributed by atoms with van der Waals surface area (Å²) in [6, 6.07) is 6.42. The maximum atomic E-state index is 12.5. The lowest BCUT2D eigenvalue weighted by molar-refractivity contribution is -0.167. The van der Waals surface area contributed by atoms with E-state index in [1.807, 2.05) is 5.32 Å². The van der Waals surface area contributed by atoms with Crippen molar-refractivity contribution in [2.75, 3.05) is 5.32 Å². The predicted octanol–water partition coefficient (Wildman–Crippen LogP) is 3.06. The summed E-state index contributed by atoms with van der Waals surface area (Å²) in [5.41, 5.74) is 1.36. The normalized spacial score (nSPS) is 14.0. The summed E-state index contributed by atoms with van der Waals surface area (Å²) in [5, 5.41) is 6.45. The number of carbonyl (C=O) groups excluding carboxylic acids is 1. The maximum absolute atomic E-state index is 12.5. The highest BCUT2D eigenvalue weighted by atomic mass is 35.5. The molecule has 0 radical (unpaired) electrons. The lowest BCUT2D eigenvalue weighted by Gasteiger charge is -2.12. The molecule has 1 N–H and O–H groups in total. The first-order valence-corrected chi connectivity index (χ1v) is 6.56. The first-order valence-electron chi connectivity index (χ1n) is 6.19. The van der Waals surface area contributed by atoms with Gasteiger partial charge >= 0.3 is 12.1 Å². The number of fused-ring (bicyclic) bond motifs is 1. The first-order chi connectivity index (χ1) is 10.4. The lowest BCUT2D eigenvalue weighted by atomic mass is 10.2. The van der Waals surface area contributed by atoms with Gasteiger partial charge in [0.15, 0.2) is 0 Å². The maximum Gasteiger partial charge on any atom is 0.471 e. The number of anilines is 1. The van der Waals surface area contributed by atoms with Gasteiger partial charge in [-0.25, -0.2) is 4.68 Å². The van der Waals surface area contributed by atoms with E-state index in [-0.39, 0.29) is 19.0 Å². The Hall–Kier alpha value is -2.06. The Labute approximate surface area is 127 Å². The van der Waals surface area contributed by atoms with Gasteiger partial charge < -0.3 is 10.1 Å². The largest absolute Gasteiger partial charge is 0.471 e. The van der Waals surface area contributed by atoms with Crippen LogP contribution >= 0.6 is 11.6 Å². The minimum absolute atomic E-state index is 0.0582. The molecule has 116 valence electrons. The molecule has 1 aliphatic rings. The summed E-state index contributed by atoms with van der Waals surface area (Å²) < 4.78 is 43.9. The third kappa shape index (κ3) is 2.67. The quantitative estimate of drug-likeness (QED) is 0.920. The molecule has 0 spiro atoms. The summed E-state index contributed by atoms with van der Waals surface area (Å²) in [6.45, 7) is 0.265. The number of hydrogen-bond acceptors (Lipinski definition) is 3. The molecule has 22 heavy (non-hydrogen) atoms. The molecule has 0 atom stereocenters. The number of alkyl halides is 3. The highest BCUT2D eigenvalue weighted by Crippen LogP contribution is 2.31. The highest BCUT2D eigenvalue weighted by molar-refractivity contribution is 6.30. The Bertz CT molecular complexity index is 743. The standard InChI is InChI=1S/C13H9ClF3N3O2/c14-7-2-1-3-8(4-7)20-11(18-12(21)13(15,16)17)9-5-22-6-10(9)19-20/h1-4H,5-6H2,(H,18,21). The first kappa shape index (κ1) is 14.9. The van der Waals surface area contributed by atoms with Gasteiger partial charge in [0.2, 0.25) is 0 Å². The van der Waals surface area contributed by atoms with Crippen LogP contribution in [0.4, 0.5) is 19.0 Å². The third-order valence-electron chi connectivity index (χ3n) is 3.09. The number of rotatable bonds is 2. The Morgan fingerprint density at radius 2 is 2.14 bits per heavy atom. The SMILES string of the molecule is O=C(Nc1c2c(nn1-c1cccc(Cl)c1)COC2)C(F)(F)F. The molecule has 0 aliphatic carbocycles. The van der Waals surface area contributed by atoms with Crippen LogP contribution in [0.25, 0.3) is 5.69 Å². The van der Waals surface area contributed by atoms with Gasteiger partial charge in [0.05, 0.1) is 24.6 Å². The molecule has 1 aliphatic heterocycles. The number of halogens is 4. The van der Waals surface area contributed by atoms with Crippen LogP contribution in [-0.2, 0) is 22.7 Å². The van der Waals surface area contributed by atoms with Crippen LogP contribution in [0.1, 0.15) is 11.3 Å². The van der Waals surface area contributed by atoms with E-state index < -0.39 is 12.1 Å². The Morgan fingerprint density at radius 1 is 1.36 bits per heavy atom. The summed E-state index contributed by atoms with van der Waals surface area (Å²) in [4.78, 5) is 11.2. The van der Waals surface area contributed by atoms with Crippen molar-refractivity contribution in [3.8, 4) is 5.69 Å². The number of hydrogen-bond donors (Lipinski definition) is 1. The zero-order chi connectivity index (χ0) is 15.9. The highest BCUT2D eigenvalue weighted by Gasteiger charge is 2.40. The summed E-state index contributed by atoms with van der Waals surface area (Å²) in [5.74, 6) is -2.12. The van der Waals surface area contributed by atoms with E-state index in [1.165, 1.54) is 10.7 Å². The molecule has 2 aromatic rings. The fraction of sp³-hybridized carbons (Fsp3) is 0.231. The molecule has 1 aromatic carbocycles. The van der Waals surface area contributed by atoms with Crippen LogP contribution in [0.15, 0.2) is 24.3 Å². The molecule has 1 aromatic heterocycles. The topological polar surface area (TPSA) is 56.2 Å². The fourth-order valence-corrected chi connectivity index (χ4v) is 2.30. The van der Waals surface area contributed by atoms with Crippen LogP contribution in [-0.4, -0.2) is 21.9 Å². The zero-order valence-electron chi connectivity index (χ0n) is 10.9. The average molecular weight is 332 g/mol. The smallest absolute Gasteiger partial charge is 0.370 e. The van der Waals surface area contributed by atoms with E-state index >= 15 is 0 Å². The molecule has 5 nitrogen and oxygen atoms in total. The number of ether oxygens (including phenoxy) is 1. The second kappa shape index (κ2) is 5.29. The van der Waals surface area contributed by atoms with Gasteiger partial charge in [0, 0.05) is 10.6 Å². The number of benzene rings is 1. The average Bonchev–Trinajstić information content (AvgIpc) is 3.00. The minimum Gasteiger partial charge on any atom is -0.370 e. The van der Waals surface area contributed by atoms with Gasteiger partial charge in [0.25, 0.3) is 0 Å². The van der Waals surface area contributed by atoms with E-state index in [0.717, 1.165) is 0 Å². The van der Waals surface area contributed by atoms with Crippen LogP contribution in [0.5, 0.6) is 0 Å². The third-order valence-corrected chi connectivity index (χ3v) is 3.33. The second-order valence-corrected chi connectivity index (χ2v) is 5.05. The number of aromatic nitrogens is 2. The van der Waals surface area contributed by atoms with Crippen molar-refractivity contribution >= 4 is 23.3 Å². The van der Waals surface area contributed by atoms with E-state index in [9.17, 15) is 18.0 Å². The molecule has 9 heteroatoms. The molecule has 0 saturated carbocycles. The molecular weight excluding hydrogens is 323 g/mol. The molecule has 1 amide bonds. The lowest BCUT2D eigenvalue weighted by Crippen LogP contribution is -2.31. The number of carbonyl (C=O) groups is 1. The van der Waals surface area contributed by atoms with Gasteiger partial charge in [-0.15, -0.1) is 0 Å². The van der Waals surface area contributed by atoms with Crippen molar-refractivity contribution in [3.05, 3.63) is 40.5 Å². The van der Waals surface area contributed by atoms with Crippen molar-refractivity contribution in [3.63, 3.8) is 0 Å². The van der Waals surface area contributed by atoms with Gasteiger partial charge in [-0.3, -0.25) is 4.79 Å². The molecule has 0 bridgehead atoms. The number of nitrogens with one attached hydrogen (secondary N) is 1. The van der Waals surface area contributed by atoms with E-state index in [1.54, 1.807) is 18.2 Å². The Balaban J connectivity index is 2.06. The van der Waals surface area contributed by atoms with E-state index in [0.29, 0.717) is 22.0 Å². The zero-order valence-corrected chi connectivity index (χ0v) is 11.7. The molecule has 0 saturated heterocycles. The molecule has 0 unspecified atom stereocenters. The summed E-state index contributed by atoms with van der Waals surface area (Å²) in [6.07, 6.45) is -4.99. The van der Waals surface area contributed by atoms with Crippen molar-refractivity contribution < 1.29 is 22.7 Å². The van der Waals surface area contributed by atoms with Crippen molar-refractivity contribution in [1.82, 2.24) is 9.78 Å². The van der Waals surface area contributed by atoms with Crippen LogP contribution in [0.2, 0.25) is 5.02 Å². The van der Waals surface area contributed by atoms with Crippen LogP contribution in [0.3, 0.4) is 0 Å². The molecule has 2 heterocycles. The van der Waals surface area contributed by atoms with Gasteiger partial charge in [-0.1, -0.05) is 17.7 Å². The number of amides is 1. The van der Waals surface area contributed by atoms with Gasteiger partial charge in [-0.05, 0) is 18.2 Å². The molecule has 0 fully saturated rings. The van der Waals surface area contributed by atoms with Crippen molar-refractivity contribution in [2.24, 2.45) is 0 Å². The summed E-state index contributed by atoms with van der Waals surface area (Å²) in [7, 11) is 0. The number of nitrogens with zero attached hydrogens (tertiary/aromatic N) is 2. The fourth-order valence-electron chi connectivity index (χ4n) is 2.11. The Kier molecular flexibility index (Phi) is 3.57.